The van der Waals surface area contributed by atoms with Crippen molar-refractivity contribution in [2.75, 3.05) is 25.1 Å². The molecule has 7 heteroatoms. The first-order valence-electron chi connectivity index (χ1n) is 8.80. The van der Waals surface area contributed by atoms with Gasteiger partial charge in [0.25, 0.3) is 11.8 Å². The van der Waals surface area contributed by atoms with Gasteiger partial charge in [0.1, 0.15) is 5.75 Å². The number of rotatable bonds is 6. The van der Waals surface area contributed by atoms with Crippen LogP contribution in [0, 0.1) is 0 Å². The lowest BCUT2D eigenvalue weighted by Gasteiger charge is -2.18. The second-order valence-electron chi connectivity index (χ2n) is 6.33. The number of carbonyl (C=O) groups is 3. The molecule has 7 nitrogen and oxygen atoms in total. The van der Waals surface area contributed by atoms with Crippen LogP contribution in [0.5, 0.6) is 5.75 Å². The van der Waals surface area contributed by atoms with E-state index in [1.54, 1.807) is 6.07 Å². The van der Waals surface area contributed by atoms with Crippen molar-refractivity contribution < 1.29 is 23.9 Å². The van der Waals surface area contributed by atoms with Crippen molar-refractivity contribution in [2.45, 2.75) is 32.1 Å². The van der Waals surface area contributed by atoms with Crippen LogP contribution in [0.25, 0.3) is 0 Å². The van der Waals surface area contributed by atoms with Crippen molar-refractivity contribution in [3.63, 3.8) is 0 Å². The first kappa shape index (κ1) is 18.0. The fourth-order valence-electron chi connectivity index (χ4n) is 2.96. The molecule has 0 aromatic heterocycles. The number of fused-ring (bicyclic) bond motifs is 1. The average molecular weight is 358 g/mol. The van der Waals surface area contributed by atoms with Crippen molar-refractivity contribution in [1.29, 1.82) is 0 Å². The molecule has 0 fully saturated rings. The second-order valence-corrected chi connectivity index (χ2v) is 6.33. The molecule has 0 bridgehead atoms. The third-order valence-electron chi connectivity index (χ3n) is 4.34. The van der Waals surface area contributed by atoms with E-state index in [-0.39, 0.29) is 30.6 Å². The van der Waals surface area contributed by atoms with Crippen LogP contribution in [0.4, 0.5) is 5.69 Å². The van der Waals surface area contributed by atoms with Gasteiger partial charge < -0.3 is 20.1 Å². The van der Waals surface area contributed by atoms with Crippen LogP contribution >= 0.6 is 0 Å². The van der Waals surface area contributed by atoms with Gasteiger partial charge in [-0.1, -0.05) is 11.6 Å². The molecule has 1 aromatic rings. The van der Waals surface area contributed by atoms with Crippen molar-refractivity contribution in [3.05, 3.63) is 35.4 Å². The number of benzene rings is 1. The van der Waals surface area contributed by atoms with Crippen LogP contribution in [-0.4, -0.2) is 37.5 Å². The van der Waals surface area contributed by atoms with Crippen LogP contribution < -0.4 is 15.4 Å². The minimum atomic E-state index is -0.613. The van der Waals surface area contributed by atoms with Crippen LogP contribution in [0.1, 0.15) is 42.5 Å². The number of hydrogen-bond acceptors (Lipinski definition) is 5. The highest BCUT2D eigenvalue weighted by Gasteiger charge is 2.19. The van der Waals surface area contributed by atoms with Crippen molar-refractivity contribution in [1.82, 2.24) is 5.32 Å². The predicted molar refractivity (Wildman–Crippen MR) is 95.0 cm³/mol. The molecule has 0 unspecified atom stereocenters. The third-order valence-corrected chi connectivity index (χ3v) is 4.34. The maximum absolute atomic E-state index is 12.1. The Bertz CT molecular complexity index is 741. The van der Waals surface area contributed by atoms with Crippen molar-refractivity contribution in [2.24, 2.45) is 0 Å². The maximum atomic E-state index is 12.1. The summed E-state index contributed by atoms with van der Waals surface area (Å²) in [5.74, 6) is -0.771. The lowest BCUT2D eigenvalue weighted by atomic mass is 9.97. The molecule has 0 radical (unpaired) electrons. The molecular formula is C19H22N2O5. The highest BCUT2D eigenvalue weighted by molar-refractivity contribution is 5.97. The second kappa shape index (κ2) is 8.51. The number of carbonyl (C=O) groups excluding carboxylic acids is 3. The molecule has 1 aromatic carbocycles. The van der Waals surface area contributed by atoms with Crippen LogP contribution in [0.15, 0.2) is 29.8 Å². The molecular weight excluding hydrogens is 336 g/mol. The molecule has 2 amide bonds. The molecule has 0 saturated carbocycles. The molecule has 2 aliphatic rings. The number of hydrogen-bond donors (Lipinski definition) is 2. The monoisotopic (exact) mass is 358 g/mol. The van der Waals surface area contributed by atoms with E-state index in [1.165, 1.54) is 30.5 Å². The summed E-state index contributed by atoms with van der Waals surface area (Å²) in [5, 5.41) is 5.40. The first-order valence-corrected chi connectivity index (χ1v) is 8.80. The molecule has 1 heterocycles. The normalized spacial score (nSPS) is 15.8. The van der Waals surface area contributed by atoms with Crippen LogP contribution in [-0.2, 0) is 14.3 Å². The fourth-order valence-corrected chi connectivity index (χ4v) is 2.96. The van der Waals surface area contributed by atoms with Crippen molar-refractivity contribution >= 4 is 23.5 Å². The van der Waals surface area contributed by atoms with E-state index >= 15 is 0 Å². The Morgan fingerprint density at radius 2 is 2.15 bits per heavy atom. The number of ether oxygens (including phenoxy) is 2. The smallest absolute Gasteiger partial charge is 0.338 e. The molecule has 0 atom stereocenters. The minimum absolute atomic E-state index is 0.0929. The summed E-state index contributed by atoms with van der Waals surface area (Å²) in [6.45, 7) is 0.130. The van der Waals surface area contributed by atoms with Gasteiger partial charge >= 0.3 is 5.97 Å². The number of anilines is 1. The SMILES string of the molecule is O=C(COC(=O)c1ccc2c(c1)OCC(=O)N2)NCCC1=CCCCC1. The predicted octanol–water partition coefficient (Wildman–Crippen LogP) is 2.18. The third kappa shape index (κ3) is 4.84. The van der Waals surface area contributed by atoms with E-state index in [0.717, 1.165) is 19.3 Å². The summed E-state index contributed by atoms with van der Waals surface area (Å²) in [6.07, 6.45) is 7.77. The molecule has 0 spiro atoms. The Morgan fingerprint density at radius 1 is 1.27 bits per heavy atom. The zero-order valence-electron chi connectivity index (χ0n) is 14.5. The van der Waals surface area contributed by atoms with Gasteiger partial charge in [-0.15, -0.1) is 0 Å². The highest BCUT2D eigenvalue weighted by atomic mass is 16.5. The largest absolute Gasteiger partial charge is 0.482 e. The van der Waals surface area contributed by atoms with Gasteiger partial charge in [0.05, 0.1) is 11.3 Å². The Hall–Kier alpha value is -2.83. The highest BCUT2D eigenvalue weighted by Crippen LogP contribution is 2.28. The lowest BCUT2D eigenvalue weighted by Crippen LogP contribution is -2.30. The van der Waals surface area contributed by atoms with Gasteiger partial charge in [0.15, 0.2) is 13.2 Å². The first-order chi connectivity index (χ1) is 12.6. The molecule has 1 aliphatic carbocycles. The van der Waals surface area contributed by atoms with E-state index in [9.17, 15) is 14.4 Å². The molecule has 3 rings (SSSR count). The van der Waals surface area contributed by atoms with E-state index < -0.39 is 5.97 Å². The van der Waals surface area contributed by atoms with Gasteiger partial charge in [0.2, 0.25) is 0 Å². The maximum Gasteiger partial charge on any atom is 0.338 e. The standard InChI is InChI=1S/C19H22N2O5/c22-17(20-9-8-13-4-2-1-3-5-13)11-26-19(24)14-6-7-15-16(10-14)25-12-18(23)21-15/h4,6-7,10H,1-3,5,8-9,11-12H2,(H,20,22)(H,21,23). The molecule has 138 valence electrons. The average Bonchev–Trinajstić information content (AvgIpc) is 2.66. The zero-order chi connectivity index (χ0) is 18.4. The lowest BCUT2D eigenvalue weighted by molar-refractivity contribution is -0.124. The topological polar surface area (TPSA) is 93.7 Å². The number of esters is 1. The van der Waals surface area contributed by atoms with Crippen molar-refractivity contribution in [3.8, 4) is 5.75 Å². The summed E-state index contributed by atoms with van der Waals surface area (Å²) in [4.78, 5) is 35.1. The fraction of sp³-hybridized carbons (Fsp3) is 0.421. The number of nitrogens with one attached hydrogen (secondary N) is 2. The summed E-state index contributed by atoms with van der Waals surface area (Å²) < 4.78 is 10.3. The summed E-state index contributed by atoms with van der Waals surface area (Å²) in [5.41, 5.74) is 2.15. The van der Waals surface area contributed by atoms with E-state index in [1.807, 2.05) is 0 Å². The zero-order valence-corrected chi connectivity index (χ0v) is 14.5. The quantitative estimate of drug-likeness (QED) is 0.600. The van der Waals surface area contributed by atoms with Gasteiger partial charge in [0, 0.05) is 6.54 Å². The van der Waals surface area contributed by atoms with Gasteiger partial charge in [-0.3, -0.25) is 9.59 Å². The minimum Gasteiger partial charge on any atom is -0.482 e. The van der Waals surface area contributed by atoms with Gasteiger partial charge in [-0.05, 0) is 50.3 Å². The van der Waals surface area contributed by atoms with E-state index in [0.29, 0.717) is 18.0 Å². The van der Waals surface area contributed by atoms with Crippen LogP contribution in [0.3, 0.4) is 0 Å². The molecule has 26 heavy (non-hydrogen) atoms. The Morgan fingerprint density at radius 3 is 2.96 bits per heavy atom. The summed E-state index contributed by atoms with van der Waals surface area (Å²) >= 11 is 0. The van der Waals surface area contributed by atoms with Gasteiger partial charge in [-0.2, -0.15) is 0 Å². The molecule has 2 N–H and O–H groups in total. The molecule has 0 saturated heterocycles. The summed E-state index contributed by atoms with van der Waals surface area (Å²) in [6, 6.07) is 4.58. The molecule has 1 aliphatic heterocycles. The summed E-state index contributed by atoms with van der Waals surface area (Å²) in [7, 11) is 0. The van der Waals surface area contributed by atoms with Crippen LogP contribution in [0.2, 0.25) is 0 Å². The van der Waals surface area contributed by atoms with Gasteiger partial charge in [-0.25, -0.2) is 4.79 Å². The Labute approximate surface area is 151 Å². The van der Waals surface area contributed by atoms with E-state index in [2.05, 4.69) is 16.7 Å². The Balaban J connectivity index is 1.42. The number of amides is 2. The Kier molecular flexibility index (Phi) is 5.88. The van der Waals surface area contributed by atoms with E-state index in [4.69, 9.17) is 9.47 Å². The number of allylic oxidation sites excluding steroid dienone is 1.